The minimum Gasteiger partial charge on any atom is -0.478 e. The van der Waals surface area contributed by atoms with Gasteiger partial charge in [-0.2, -0.15) is 0 Å². The van der Waals surface area contributed by atoms with E-state index in [0.717, 1.165) is 12.3 Å². The third kappa shape index (κ3) is 3.69. The molecule has 2 heteroatoms. The van der Waals surface area contributed by atoms with E-state index in [-0.39, 0.29) is 0 Å². The molecule has 0 spiro atoms. The van der Waals surface area contributed by atoms with Gasteiger partial charge in [0.1, 0.15) is 0 Å². The number of hydrogen-bond donors (Lipinski definition) is 1. The topological polar surface area (TPSA) is 37.3 Å². The summed E-state index contributed by atoms with van der Waals surface area (Å²) >= 11 is 0. The van der Waals surface area contributed by atoms with E-state index in [9.17, 15) is 4.79 Å². The second kappa shape index (κ2) is 6.55. The number of rotatable bonds is 5. The van der Waals surface area contributed by atoms with Crippen molar-refractivity contribution < 1.29 is 9.90 Å². The van der Waals surface area contributed by atoms with Crippen LogP contribution in [0.4, 0.5) is 0 Å². The fourth-order valence-corrected chi connectivity index (χ4v) is 3.04. The van der Waals surface area contributed by atoms with Crippen molar-refractivity contribution in [3.05, 3.63) is 48.0 Å². The number of benzene rings is 1. The minimum absolute atomic E-state index is 0.378. The SMILES string of the molecule is C=CCCC1CCC(c2ccc(C(=O)O)cc2)CC1. The fraction of sp³-hybridized carbons (Fsp3) is 0.471. The van der Waals surface area contributed by atoms with Crippen LogP contribution in [0.25, 0.3) is 0 Å². The highest BCUT2D eigenvalue weighted by molar-refractivity contribution is 5.87. The van der Waals surface area contributed by atoms with Gasteiger partial charge in [0, 0.05) is 0 Å². The molecule has 0 unspecified atom stereocenters. The van der Waals surface area contributed by atoms with Crippen molar-refractivity contribution in [1.29, 1.82) is 0 Å². The maximum absolute atomic E-state index is 10.8. The average molecular weight is 258 g/mol. The highest BCUT2D eigenvalue weighted by Crippen LogP contribution is 2.37. The van der Waals surface area contributed by atoms with Gasteiger partial charge in [0.2, 0.25) is 0 Å². The van der Waals surface area contributed by atoms with Crippen molar-refractivity contribution in [2.24, 2.45) is 5.92 Å². The summed E-state index contributed by atoms with van der Waals surface area (Å²) in [5.41, 5.74) is 1.68. The normalized spacial score (nSPS) is 22.9. The van der Waals surface area contributed by atoms with E-state index >= 15 is 0 Å². The van der Waals surface area contributed by atoms with Gasteiger partial charge in [0.15, 0.2) is 0 Å². The molecule has 0 aliphatic heterocycles. The maximum Gasteiger partial charge on any atom is 0.335 e. The van der Waals surface area contributed by atoms with Crippen LogP contribution in [0.3, 0.4) is 0 Å². The van der Waals surface area contributed by atoms with Gasteiger partial charge in [0.05, 0.1) is 5.56 Å². The Morgan fingerprint density at radius 3 is 2.37 bits per heavy atom. The van der Waals surface area contributed by atoms with Gasteiger partial charge in [-0.1, -0.05) is 18.2 Å². The highest BCUT2D eigenvalue weighted by atomic mass is 16.4. The fourth-order valence-electron chi connectivity index (χ4n) is 3.04. The molecule has 0 bridgehead atoms. The van der Waals surface area contributed by atoms with Gasteiger partial charge in [0.25, 0.3) is 0 Å². The molecule has 0 atom stereocenters. The monoisotopic (exact) mass is 258 g/mol. The number of allylic oxidation sites excluding steroid dienone is 1. The molecule has 1 N–H and O–H groups in total. The molecule has 0 aromatic heterocycles. The van der Waals surface area contributed by atoms with Crippen LogP contribution in [0.5, 0.6) is 0 Å². The Balaban J connectivity index is 1.90. The van der Waals surface area contributed by atoms with E-state index in [1.54, 1.807) is 12.1 Å². The van der Waals surface area contributed by atoms with E-state index in [0.29, 0.717) is 11.5 Å². The predicted molar refractivity (Wildman–Crippen MR) is 77.5 cm³/mol. The maximum atomic E-state index is 10.8. The van der Waals surface area contributed by atoms with Crippen LogP contribution in [0.15, 0.2) is 36.9 Å². The number of aromatic carboxylic acids is 1. The minimum atomic E-state index is -0.848. The lowest BCUT2D eigenvalue weighted by Gasteiger charge is -2.28. The second-order valence-corrected chi connectivity index (χ2v) is 5.51. The first-order valence-electron chi connectivity index (χ1n) is 7.15. The van der Waals surface area contributed by atoms with E-state index in [1.165, 1.54) is 37.7 Å². The van der Waals surface area contributed by atoms with Gasteiger partial charge >= 0.3 is 5.97 Å². The number of hydrogen-bond acceptors (Lipinski definition) is 1. The molecule has 2 rings (SSSR count). The van der Waals surface area contributed by atoms with Crippen LogP contribution in [-0.4, -0.2) is 11.1 Å². The van der Waals surface area contributed by atoms with Gasteiger partial charge in [-0.05, 0) is 68.1 Å². The van der Waals surface area contributed by atoms with Crippen LogP contribution >= 0.6 is 0 Å². The molecule has 19 heavy (non-hydrogen) atoms. The molecule has 0 radical (unpaired) electrons. The lowest BCUT2D eigenvalue weighted by atomic mass is 9.77. The summed E-state index contributed by atoms with van der Waals surface area (Å²) in [6.45, 7) is 3.78. The molecule has 1 aliphatic carbocycles. The van der Waals surface area contributed by atoms with Crippen molar-refractivity contribution in [3.63, 3.8) is 0 Å². The van der Waals surface area contributed by atoms with Crippen LogP contribution in [0, 0.1) is 5.92 Å². The number of carbonyl (C=O) groups is 1. The summed E-state index contributed by atoms with van der Waals surface area (Å²) in [5.74, 6) is 0.620. The van der Waals surface area contributed by atoms with Crippen molar-refractivity contribution >= 4 is 5.97 Å². The molecule has 1 aromatic rings. The summed E-state index contributed by atoms with van der Waals surface area (Å²) in [5, 5.41) is 8.90. The van der Waals surface area contributed by atoms with Gasteiger partial charge < -0.3 is 5.11 Å². The first-order valence-corrected chi connectivity index (χ1v) is 7.15. The molecule has 1 aliphatic rings. The van der Waals surface area contributed by atoms with Crippen molar-refractivity contribution in [2.75, 3.05) is 0 Å². The summed E-state index contributed by atoms with van der Waals surface area (Å²) in [4.78, 5) is 10.8. The zero-order chi connectivity index (χ0) is 13.7. The van der Waals surface area contributed by atoms with E-state index in [4.69, 9.17) is 5.11 Å². The van der Waals surface area contributed by atoms with Crippen LogP contribution < -0.4 is 0 Å². The number of carboxylic acids is 1. The highest BCUT2D eigenvalue weighted by Gasteiger charge is 2.21. The molecule has 1 aromatic carbocycles. The van der Waals surface area contributed by atoms with Crippen molar-refractivity contribution in [2.45, 2.75) is 44.4 Å². The molecule has 102 valence electrons. The molecule has 0 amide bonds. The Kier molecular flexibility index (Phi) is 4.78. The first-order chi connectivity index (χ1) is 9.20. The Bertz CT molecular complexity index is 425. The second-order valence-electron chi connectivity index (χ2n) is 5.51. The van der Waals surface area contributed by atoms with E-state index in [1.807, 2.05) is 18.2 Å². The molecule has 1 fully saturated rings. The van der Waals surface area contributed by atoms with E-state index < -0.39 is 5.97 Å². The molecule has 0 saturated heterocycles. The summed E-state index contributed by atoms with van der Waals surface area (Å²) in [7, 11) is 0. The van der Waals surface area contributed by atoms with Crippen LogP contribution in [0.2, 0.25) is 0 Å². The molecular weight excluding hydrogens is 236 g/mol. The van der Waals surface area contributed by atoms with Gasteiger partial charge in [-0.3, -0.25) is 0 Å². The summed E-state index contributed by atoms with van der Waals surface area (Å²) in [6, 6.07) is 7.42. The van der Waals surface area contributed by atoms with Crippen LogP contribution in [0.1, 0.15) is 60.4 Å². The van der Waals surface area contributed by atoms with Gasteiger partial charge in [-0.25, -0.2) is 4.79 Å². The van der Waals surface area contributed by atoms with E-state index in [2.05, 4.69) is 6.58 Å². The molecule has 0 heterocycles. The van der Waals surface area contributed by atoms with Crippen LogP contribution in [-0.2, 0) is 0 Å². The molecule has 2 nitrogen and oxygen atoms in total. The Morgan fingerprint density at radius 1 is 1.21 bits per heavy atom. The average Bonchev–Trinajstić information content (AvgIpc) is 2.46. The Labute approximate surface area is 115 Å². The standard InChI is InChI=1S/C17H22O2/c1-2-3-4-13-5-7-14(8-6-13)15-9-11-16(12-10-15)17(18)19/h2,9-14H,1,3-8H2,(H,18,19). The van der Waals surface area contributed by atoms with Gasteiger partial charge in [-0.15, -0.1) is 6.58 Å². The lowest BCUT2D eigenvalue weighted by molar-refractivity contribution is 0.0697. The third-order valence-corrected chi connectivity index (χ3v) is 4.25. The first kappa shape index (κ1) is 13.9. The summed E-state index contributed by atoms with van der Waals surface area (Å²) < 4.78 is 0. The van der Waals surface area contributed by atoms with Crippen molar-refractivity contribution in [3.8, 4) is 0 Å². The lowest BCUT2D eigenvalue weighted by Crippen LogP contribution is -2.13. The largest absolute Gasteiger partial charge is 0.478 e. The predicted octanol–water partition coefficient (Wildman–Crippen LogP) is 4.62. The number of carboxylic acid groups (broad SMARTS) is 1. The Hall–Kier alpha value is -1.57. The Morgan fingerprint density at radius 2 is 1.84 bits per heavy atom. The molecule has 1 saturated carbocycles. The smallest absolute Gasteiger partial charge is 0.335 e. The third-order valence-electron chi connectivity index (χ3n) is 4.25. The van der Waals surface area contributed by atoms with Crippen molar-refractivity contribution in [1.82, 2.24) is 0 Å². The zero-order valence-corrected chi connectivity index (χ0v) is 11.3. The quantitative estimate of drug-likeness (QED) is 0.782. The summed E-state index contributed by atoms with van der Waals surface area (Å²) in [6.07, 6.45) is 9.45. The molecular formula is C17H22O2. The zero-order valence-electron chi connectivity index (χ0n) is 11.3.